The standard InChI is InChI=1S/C16H24N2O2/c1-16(2,3)18-15(19)11-20-14-8-4-12(5-9-14)10-17-13-6-7-13/h4-5,8-9,13,17H,6-7,10-11H2,1-3H3,(H,18,19). The monoisotopic (exact) mass is 276 g/mol. The maximum atomic E-state index is 11.6. The highest BCUT2D eigenvalue weighted by Crippen LogP contribution is 2.19. The largest absolute Gasteiger partial charge is 0.484 e. The number of benzene rings is 1. The van der Waals surface area contributed by atoms with Gasteiger partial charge in [0.2, 0.25) is 0 Å². The lowest BCUT2D eigenvalue weighted by Gasteiger charge is -2.20. The van der Waals surface area contributed by atoms with Gasteiger partial charge in [-0.25, -0.2) is 0 Å². The number of carbonyl (C=O) groups is 1. The van der Waals surface area contributed by atoms with E-state index in [1.165, 1.54) is 18.4 Å². The van der Waals surface area contributed by atoms with Crippen LogP contribution in [0.5, 0.6) is 5.75 Å². The molecule has 4 nitrogen and oxygen atoms in total. The molecule has 2 rings (SSSR count). The van der Waals surface area contributed by atoms with Gasteiger partial charge in [0.1, 0.15) is 5.75 Å². The molecule has 0 bridgehead atoms. The molecule has 0 spiro atoms. The highest BCUT2D eigenvalue weighted by atomic mass is 16.5. The molecule has 1 aromatic carbocycles. The average Bonchev–Trinajstić information content (AvgIpc) is 3.17. The summed E-state index contributed by atoms with van der Waals surface area (Å²) in [5, 5.41) is 6.33. The molecule has 1 fully saturated rings. The van der Waals surface area contributed by atoms with Gasteiger partial charge in [-0.05, 0) is 51.3 Å². The summed E-state index contributed by atoms with van der Waals surface area (Å²) in [5.41, 5.74) is 1.02. The van der Waals surface area contributed by atoms with Crippen molar-refractivity contribution in [2.75, 3.05) is 6.61 Å². The van der Waals surface area contributed by atoms with Crippen molar-refractivity contribution >= 4 is 5.91 Å². The van der Waals surface area contributed by atoms with E-state index in [-0.39, 0.29) is 18.1 Å². The number of carbonyl (C=O) groups excluding carboxylic acids is 1. The van der Waals surface area contributed by atoms with Crippen molar-refractivity contribution in [1.82, 2.24) is 10.6 Å². The lowest BCUT2D eigenvalue weighted by molar-refractivity contribution is -0.124. The molecular formula is C16H24N2O2. The Balaban J connectivity index is 1.73. The first-order valence-corrected chi connectivity index (χ1v) is 7.18. The molecule has 2 N–H and O–H groups in total. The second kappa shape index (κ2) is 6.27. The highest BCUT2D eigenvalue weighted by molar-refractivity contribution is 5.78. The van der Waals surface area contributed by atoms with E-state index in [4.69, 9.17) is 4.74 Å². The molecule has 0 atom stereocenters. The number of rotatable bonds is 6. The van der Waals surface area contributed by atoms with Crippen LogP contribution in [0.4, 0.5) is 0 Å². The fraction of sp³-hybridized carbons (Fsp3) is 0.562. The maximum absolute atomic E-state index is 11.6. The van der Waals surface area contributed by atoms with Crippen LogP contribution < -0.4 is 15.4 Å². The zero-order valence-corrected chi connectivity index (χ0v) is 12.5. The van der Waals surface area contributed by atoms with E-state index in [0.717, 1.165) is 12.3 Å². The van der Waals surface area contributed by atoms with Gasteiger partial charge in [0.25, 0.3) is 5.91 Å². The summed E-state index contributed by atoms with van der Waals surface area (Å²) in [6.07, 6.45) is 2.59. The summed E-state index contributed by atoms with van der Waals surface area (Å²) in [6, 6.07) is 8.61. The third kappa shape index (κ3) is 5.61. The third-order valence-corrected chi connectivity index (χ3v) is 2.98. The predicted molar refractivity (Wildman–Crippen MR) is 79.7 cm³/mol. The summed E-state index contributed by atoms with van der Waals surface area (Å²) in [5.74, 6) is 0.626. The van der Waals surface area contributed by atoms with Gasteiger partial charge in [-0.3, -0.25) is 4.79 Å². The molecule has 1 aliphatic rings. The van der Waals surface area contributed by atoms with Crippen molar-refractivity contribution in [3.05, 3.63) is 29.8 Å². The van der Waals surface area contributed by atoms with Crippen LogP contribution >= 0.6 is 0 Å². The summed E-state index contributed by atoms with van der Waals surface area (Å²) >= 11 is 0. The third-order valence-electron chi connectivity index (χ3n) is 2.98. The number of ether oxygens (including phenoxy) is 1. The fourth-order valence-electron chi connectivity index (χ4n) is 1.86. The van der Waals surface area contributed by atoms with Crippen LogP contribution in [0.1, 0.15) is 39.2 Å². The van der Waals surface area contributed by atoms with E-state index >= 15 is 0 Å². The molecule has 110 valence electrons. The number of amides is 1. The van der Waals surface area contributed by atoms with Crippen molar-refractivity contribution in [2.45, 2.75) is 51.7 Å². The average molecular weight is 276 g/mol. The van der Waals surface area contributed by atoms with Crippen LogP contribution in [-0.2, 0) is 11.3 Å². The second-order valence-corrected chi connectivity index (χ2v) is 6.39. The Morgan fingerprint density at radius 3 is 2.45 bits per heavy atom. The predicted octanol–water partition coefficient (Wildman–Crippen LogP) is 2.23. The Morgan fingerprint density at radius 1 is 1.25 bits per heavy atom. The van der Waals surface area contributed by atoms with Gasteiger partial charge in [-0.15, -0.1) is 0 Å². The van der Waals surface area contributed by atoms with E-state index in [1.807, 2.05) is 45.0 Å². The minimum absolute atomic E-state index is 0.0525. The van der Waals surface area contributed by atoms with Gasteiger partial charge >= 0.3 is 0 Å². The highest BCUT2D eigenvalue weighted by Gasteiger charge is 2.19. The summed E-state index contributed by atoms with van der Waals surface area (Å²) in [4.78, 5) is 11.6. The lowest BCUT2D eigenvalue weighted by Crippen LogP contribution is -2.43. The smallest absolute Gasteiger partial charge is 0.258 e. The second-order valence-electron chi connectivity index (χ2n) is 6.39. The molecule has 0 unspecified atom stereocenters. The molecule has 20 heavy (non-hydrogen) atoms. The van der Waals surface area contributed by atoms with Crippen LogP contribution in [0.25, 0.3) is 0 Å². The summed E-state index contributed by atoms with van der Waals surface area (Å²) in [6.45, 7) is 6.80. The van der Waals surface area contributed by atoms with Gasteiger partial charge in [0.05, 0.1) is 0 Å². The van der Waals surface area contributed by atoms with Crippen molar-refractivity contribution in [2.24, 2.45) is 0 Å². The Kier molecular flexibility index (Phi) is 4.65. The Bertz CT molecular complexity index is 445. The molecule has 1 amide bonds. The maximum Gasteiger partial charge on any atom is 0.258 e. The van der Waals surface area contributed by atoms with Gasteiger partial charge < -0.3 is 15.4 Å². The molecule has 0 heterocycles. The lowest BCUT2D eigenvalue weighted by atomic mass is 10.1. The zero-order chi connectivity index (χ0) is 14.6. The van der Waals surface area contributed by atoms with E-state index in [1.54, 1.807) is 0 Å². The van der Waals surface area contributed by atoms with Crippen LogP contribution in [-0.4, -0.2) is 24.1 Å². The SMILES string of the molecule is CC(C)(C)NC(=O)COc1ccc(CNC2CC2)cc1. The molecule has 4 heteroatoms. The fourth-order valence-corrected chi connectivity index (χ4v) is 1.86. The van der Waals surface area contributed by atoms with Crippen LogP contribution in [0.2, 0.25) is 0 Å². The molecule has 0 aromatic heterocycles. The van der Waals surface area contributed by atoms with Gasteiger partial charge in [0.15, 0.2) is 6.61 Å². The Morgan fingerprint density at radius 2 is 1.90 bits per heavy atom. The first-order valence-electron chi connectivity index (χ1n) is 7.18. The normalized spacial score (nSPS) is 14.9. The van der Waals surface area contributed by atoms with Crippen molar-refractivity contribution in [1.29, 1.82) is 0 Å². The van der Waals surface area contributed by atoms with E-state index < -0.39 is 0 Å². The molecule has 0 aliphatic heterocycles. The van der Waals surface area contributed by atoms with Crippen LogP contribution in [0, 0.1) is 0 Å². The van der Waals surface area contributed by atoms with Crippen LogP contribution in [0.15, 0.2) is 24.3 Å². The first kappa shape index (κ1) is 14.9. The number of hydrogen-bond acceptors (Lipinski definition) is 3. The Labute approximate surface area is 120 Å². The molecule has 0 radical (unpaired) electrons. The van der Waals surface area contributed by atoms with E-state index in [2.05, 4.69) is 10.6 Å². The van der Waals surface area contributed by atoms with Gasteiger partial charge in [-0.2, -0.15) is 0 Å². The molecule has 1 saturated carbocycles. The van der Waals surface area contributed by atoms with Gasteiger partial charge in [0, 0.05) is 18.1 Å². The molecular weight excluding hydrogens is 252 g/mol. The van der Waals surface area contributed by atoms with Crippen molar-refractivity contribution in [3.63, 3.8) is 0 Å². The minimum atomic E-state index is -0.223. The Hall–Kier alpha value is -1.55. The topological polar surface area (TPSA) is 50.4 Å². The van der Waals surface area contributed by atoms with E-state index in [0.29, 0.717) is 6.04 Å². The zero-order valence-electron chi connectivity index (χ0n) is 12.5. The first-order chi connectivity index (χ1) is 9.42. The molecule has 1 aliphatic carbocycles. The molecule has 0 saturated heterocycles. The molecule has 1 aromatic rings. The summed E-state index contributed by atoms with van der Waals surface area (Å²) < 4.78 is 5.47. The number of nitrogens with one attached hydrogen (secondary N) is 2. The van der Waals surface area contributed by atoms with E-state index in [9.17, 15) is 4.79 Å². The van der Waals surface area contributed by atoms with Gasteiger partial charge in [-0.1, -0.05) is 12.1 Å². The minimum Gasteiger partial charge on any atom is -0.484 e. The van der Waals surface area contributed by atoms with Crippen LogP contribution in [0.3, 0.4) is 0 Å². The number of hydrogen-bond donors (Lipinski definition) is 2. The van der Waals surface area contributed by atoms with Crippen molar-refractivity contribution < 1.29 is 9.53 Å². The summed E-state index contributed by atoms with van der Waals surface area (Å²) in [7, 11) is 0. The van der Waals surface area contributed by atoms with Crippen molar-refractivity contribution in [3.8, 4) is 5.75 Å². The quantitative estimate of drug-likeness (QED) is 0.837.